The lowest BCUT2D eigenvalue weighted by molar-refractivity contribution is 0.0357. The lowest BCUT2D eigenvalue weighted by Gasteiger charge is -2.38. The summed E-state index contributed by atoms with van der Waals surface area (Å²) in [6, 6.07) is 0. The Morgan fingerprint density at radius 2 is 1.41 bits per heavy atom. The van der Waals surface area contributed by atoms with Crippen LogP contribution in [0.25, 0.3) is 0 Å². The van der Waals surface area contributed by atoms with Gasteiger partial charge in [0.25, 0.3) is 10.1 Å². The number of fused-ring (bicyclic) bond motifs is 4. The summed E-state index contributed by atoms with van der Waals surface area (Å²) in [4.78, 5) is 0. The zero-order valence-corrected chi connectivity index (χ0v) is 24.0. The lowest BCUT2D eigenvalue weighted by Crippen LogP contribution is -2.43. The number of hydrogen-bond donors (Lipinski definition) is 3. The highest BCUT2D eigenvalue weighted by Crippen LogP contribution is 2.57. The number of aliphatic hydroxyl groups excluding tert-OH is 3. The molecule has 0 radical (unpaired) electrons. The first-order valence-electron chi connectivity index (χ1n) is 14.0. The highest BCUT2D eigenvalue weighted by molar-refractivity contribution is 7.87. The van der Waals surface area contributed by atoms with Crippen molar-refractivity contribution >= 4 is 20.2 Å². The SMILES string of the molecule is CC1C2CC(C1C)C(C(O)C(CCO)S(=O)(=O)[O-])C2.CC1C2CC(C1C)C(C(O)C1CCOS1(=O)=O)C2. The Hall–Kier alpha value is -0.300. The standard InChI is InChI=1S/C13H24O5S.C13H22O4S/c1-7-8(2)10-5-9(7)6-11(10)13(15)12(3-4-14)19(16,17)18;1-7-8(2)10-5-9(7)6-11(10)13(14)12-3-4-17-18(12,15)16/h7-15H,3-6H2,1-2H3,(H,16,17,18);7-14H,3-6H2,1-2H3/p-1. The molecule has 4 saturated carbocycles. The topological polar surface area (TPSA) is 161 Å². The van der Waals surface area contributed by atoms with Crippen LogP contribution in [0.2, 0.25) is 0 Å². The zero-order chi connectivity index (χ0) is 27.4. The van der Waals surface area contributed by atoms with Crippen molar-refractivity contribution in [1.29, 1.82) is 0 Å². The Kier molecular flexibility index (Phi) is 8.77. The molecular formula is C26H45O9S2-. The molecule has 0 aromatic rings. The van der Waals surface area contributed by atoms with E-state index in [1.165, 1.54) is 0 Å². The molecule has 9 nitrogen and oxygen atoms in total. The van der Waals surface area contributed by atoms with Crippen molar-refractivity contribution in [3.8, 4) is 0 Å². The summed E-state index contributed by atoms with van der Waals surface area (Å²) < 4.78 is 62.0. The van der Waals surface area contributed by atoms with Crippen LogP contribution in [-0.4, -0.2) is 72.6 Å². The van der Waals surface area contributed by atoms with Crippen LogP contribution in [0.3, 0.4) is 0 Å². The Morgan fingerprint density at radius 3 is 1.81 bits per heavy atom. The van der Waals surface area contributed by atoms with Crippen molar-refractivity contribution in [3.05, 3.63) is 0 Å². The molecule has 5 fully saturated rings. The summed E-state index contributed by atoms with van der Waals surface area (Å²) in [6.45, 7) is 8.71. The van der Waals surface area contributed by atoms with Gasteiger partial charge in [-0.1, -0.05) is 27.7 Å². The molecule has 5 rings (SSSR count). The molecule has 1 aliphatic heterocycles. The van der Waals surface area contributed by atoms with Gasteiger partial charge in [-0.3, -0.25) is 4.18 Å². The van der Waals surface area contributed by atoms with E-state index in [0.717, 1.165) is 31.6 Å². The minimum Gasteiger partial charge on any atom is -0.748 e. The molecule has 3 N–H and O–H groups in total. The Bertz CT molecular complexity index is 1010. The predicted molar refractivity (Wildman–Crippen MR) is 137 cm³/mol. The maximum atomic E-state index is 11.7. The highest BCUT2D eigenvalue weighted by Gasteiger charge is 2.54. The summed E-state index contributed by atoms with van der Waals surface area (Å²) in [5.74, 6) is 4.44. The van der Waals surface area contributed by atoms with E-state index in [4.69, 9.17) is 9.29 Å². The molecule has 0 aromatic carbocycles. The molecule has 0 aromatic heterocycles. The minimum atomic E-state index is -4.57. The molecule has 0 amide bonds. The van der Waals surface area contributed by atoms with Crippen LogP contribution >= 0.6 is 0 Å². The van der Waals surface area contributed by atoms with Gasteiger partial charge in [-0.2, -0.15) is 8.42 Å². The van der Waals surface area contributed by atoms with Gasteiger partial charge in [-0.15, -0.1) is 0 Å². The first-order valence-corrected chi connectivity index (χ1v) is 16.9. The summed E-state index contributed by atoms with van der Waals surface area (Å²) in [5.41, 5.74) is 0. The monoisotopic (exact) mass is 565 g/mol. The summed E-state index contributed by atoms with van der Waals surface area (Å²) in [7, 11) is -8.09. The van der Waals surface area contributed by atoms with E-state index >= 15 is 0 Å². The van der Waals surface area contributed by atoms with Crippen LogP contribution in [0, 0.1) is 59.2 Å². The largest absolute Gasteiger partial charge is 0.748 e. The molecule has 14 atom stereocenters. The third-order valence-electron chi connectivity index (χ3n) is 11.3. The van der Waals surface area contributed by atoms with Crippen molar-refractivity contribution in [1.82, 2.24) is 0 Å². The summed E-state index contributed by atoms with van der Waals surface area (Å²) in [6.07, 6.45) is 2.37. The van der Waals surface area contributed by atoms with Crippen LogP contribution in [0.4, 0.5) is 0 Å². The smallest absolute Gasteiger partial charge is 0.272 e. The second-order valence-electron chi connectivity index (χ2n) is 12.7. The van der Waals surface area contributed by atoms with Gasteiger partial charge in [0.05, 0.1) is 24.1 Å². The summed E-state index contributed by atoms with van der Waals surface area (Å²) in [5, 5.41) is 27.6. The molecule has 216 valence electrons. The Balaban J connectivity index is 0.000000173. The van der Waals surface area contributed by atoms with Crippen LogP contribution < -0.4 is 0 Å². The van der Waals surface area contributed by atoms with E-state index in [2.05, 4.69) is 27.7 Å². The van der Waals surface area contributed by atoms with Gasteiger partial charge in [0.15, 0.2) is 0 Å². The van der Waals surface area contributed by atoms with Crippen molar-refractivity contribution in [2.24, 2.45) is 59.2 Å². The Morgan fingerprint density at radius 1 is 0.892 bits per heavy atom. The number of rotatable bonds is 7. The molecule has 4 bridgehead atoms. The molecule has 5 aliphatic rings. The van der Waals surface area contributed by atoms with Gasteiger partial charge in [0.2, 0.25) is 0 Å². The zero-order valence-electron chi connectivity index (χ0n) is 22.3. The van der Waals surface area contributed by atoms with Crippen molar-refractivity contribution in [2.45, 2.75) is 88.9 Å². The lowest BCUT2D eigenvalue weighted by atomic mass is 9.73. The van der Waals surface area contributed by atoms with E-state index in [-0.39, 0.29) is 24.9 Å². The van der Waals surface area contributed by atoms with Gasteiger partial charge >= 0.3 is 0 Å². The fourth-order valence-corrected chi connectivity index (χ4v) is 11.2. The minimum absolute atomic E-state index is 0.114. The molecule has 0 spiro atoms. The molecule has 14 unspecified atom stereocenters. The van der Waals surface area contributed by atoms with Crippen molar-refractivity contribution in [2.75, 3.05) is 13.2 Å². The molecule has 1 heterocycles. The van der Waals surface area contributed by atoms with Gasteiger partial charge in [0, 0.05) is 6.61 Å². The molecule has 1 saturated heterocycles. The maximum Gasteiger partial charge on any atom is 0.272 e. The van der Waals surface area contributed by atoms with Gasteiger partial charge in [-0.25, -0.2) is 8.42 Å². The van der Waals surface area contributed by atoms with Crippen LogP contribution in [0.5, 0.6) is 0 Å². The van der Waals surface area contributed by atoms with Gasteiger partial charge in [0.1, 0.15) is 15.4 Å². The second-order valence-corrected chi connectivity index (χ2v) is 16.1. The predicted octanol–water partition coefficient (Wildman–Crippen LogP) is 1.97. The third kappa shape index (κ3) is 5.52. The average molecular weight is 566 g/mol. The first-order chi connectivity index (χ1) is 17.2. The van der Waals surface area contributed by atoms with E-state index in [9.17, 15) is 31.6 Å². The molecule has 37 heavy (non-hydrogen) atoms. The molecular weight excluding hydrogens is 520 g/mol. The van der Waals surface area contributed by atoms with Crippen LogP contribution in [0.15, 0.2) is 0 Å². The number of hydrogen-bond acceptors (Lipinski definition) is 9. The van der Waals surface area contributed by atoms with Crippen LogP contribution in [-0.2, 0) is 24.4 Å². The first kappa shape index (κ1) is 29.7. The summed E-state index contributed by atoms with van der Waals surface area (Å²) >= 11 is 0. The van der Waals surface area contributed by atoms with Crippen molar-refractivity contribution < 1.29 is 40.9 Å². The quantitative estimate of drug-likeness (QED) is 0.309. The van der Waals surface area contributed by atoms with E-state index in [0.29, 0.717) is 47.8 Å². The molecule has 11 heteroatoms. The fourth-order valence-electron chi connectivity index (χ4n) is 8.80. The van der Waals surface area contributed by atoms with E-state index < -0.39 is 49.6 Å². The van der Waals surface area contributed by atoms with Gasteiger partial charge < -0.3 is 19.9 Å². The third-order valence-corrected chi connectivity index (χ3v) is 14.3. The highest BCUT2D eigenvalue weighted by atomic mass is 32.2. The van der Waals surface area contributed by atoms with Crippen LogP contribution in [0.1, 0.15) is 66.2 Å². The molecule has 4 aliphatic carbocycles. The van der Waals surface area contributed by atoms with Gasteiger partial charge in [-0.05, 0) is 97.7 Å². The average Bonchev–Trinajstić information content (AvgIpc) is 3.62. The van der Waals surface area contributed by atoms with Crippen molar-refractivity contribution in [3.63, 3.8) is 0 Å². The fraction of sp³-hybridized carbons (Fsp3) is 1.00. The maximum absolute atomic E-state index is 11.7. The van der Waals surface area contributed by atoms with E-state index in [1.807, 2.05) is 0 Å². The van der Waals surface area contributed by atoms with E-state index in [1.54, 1.807) is 0 Å². The second kappa shape index (κ2) is 10.9. The normalized spacial score (nSPS) is 46.4. The number of aliphatic hydroxyl groups is 3. The Labute approximate surface area is 222 Å².